The molecule has 0 saturated carbocycles. The second kappa shape index (κ2) is 10.9. The van der Waals surface area contributed by atoms with Crippen molar-refractivity contribution < 1.29 is 23.9 Å². The Balaban J connectivity index is 1.59. The molecule has 1 amide bonds. The van der Waals surface area contributed by atoms with Crippen LogP contribution in [0.1, 0.15) is 41.1 Å². The number of amides is 1. The summed E-state index contributed by atoms with van der Waals surface area (Å²) in [6, 6.07) is 6.98. The summed E-state index contributed by atoms with van der Waals surface area (Å²) in [5.74, 6) is -1.63. The highest BCUT2D eigenvalue weighted by Gasteiger charge is 2.23. The van der Waals surface area contributed by atoms with Crippen LogP contribution < -0.4 is 10.7 Å². The number of carbonyl (C=O) groups is 3. The van der Waals surface area contributed by atoms with Gasteiger partial charge in [0.15, 0.2) is 6.61 Å². The maximum absolute atomic E-state index is 12.4. The number of esters is 2. The minimum absolute atomic E-state index is 0.0285. The summed E-state index contributed by atoms with van der Waals surface area (Å²) in [5, 5.41) is 7.61. The normalized spacial score (nSPS) is 10.8. The van der Waals surface area contributed by atoms with Gasteiger partial charge in [0.05, 0.1) is 36.8 Å². The van der Waals surface area contributed by atoms with E-state index >= 15 is 0 Å². The number of para-hydroxylation sites is 1. The third-order valence-electron chi connectivity index (χ3n) is 4.95. The van der Waals surface area contributed by atoms with Gasteiger partial charge in [-0.15, -0.1) is 11.3 Å². The topological polar surface area (TPSA) is 117 Å². The molecule has 0 aliphatic rings. The van der Waals surface area contributed by atoms with Crippen molar-refractivity contribution in [2.75, 3.05) is 18.5 Å². The predicted octanol–water partition coefficient (Wildman–Crippen LogP) is 3.08. The molecular formula is C23H25N3O6S. The van der Waals surface area contributed by atoms with Crippen LogP contribution in [0, 0.1) is 6.92 Å². The van der Waals surface area contributed by atoms with E-state index in [1.165, 1.54) is 17.5 Å². The molecule has 10 heteroatoms. The summed E-state index contributed by atoms with van der Waals surface area (Å²) in [6.07, 6.45) is 1.80. The fourth-order valence-corrected chi connectivity index (χ4v) is 4.58. The van der Waals surface area contributed by atoms with Crippen LogP contribution in [0.3, 0.4) is 0 Å². The Labute approximate surface area is 194 Å². The van der Waals surface area contributed by atoms with Crippen LogP contribution in [-0.4, -0.2) is 40.8 Å². The lowest BCUT2D eigenvalue weighted by Crippen LogP contribution is -2.22. The molecule has 3 rings (SSSR count). The molecular weight excluding hydrogens is 446 g/mol. The van der Waals surface area contributed by atoms with Gasteiger partial charge in [-0.3, -0.25) is 19.1 Å². The second-order valence-electron chi connectivity index (χ2n) is 7.12. The van der Waals surface area contributed by atoms with Crippen LogP contribution in [0.5, 0.6) is 0 Å². The number of nitrogens with zero attached hydrogens (tertiary/aromatic N) is 2. The average molecular weight is 472 g/mol. The first-order valence-corrected chi connectivity index (χ1v) is 11.4. The van der Waals surface area contributed by atoms with Crippen molar-refractivity contribution in [3.05, 3.63) is 56.7 Å². The number of hydrogen-bond acceptors (Lipinski definition) is 8. The number of anilines is 1. The maximum Gasteiger partial charge on any atom is 0.341 e. The Hall–Kier alpha value is -3.53. The van der Waals surface area contributed by atoms with Crippen molar-refractivity contribution in [2.24, 2.45) is 0 Å². The Bertz CT molecular complexity index is 1250. The van der Waals surface area contributed by atoms with E-state index in [0.717, 1.165) is 10.4 Å². The SMILES string of the molecule is CCOC(=O)c1c(NC(=O)COC(=O)CCn2ncc(=O)c3ccccc32)sc(C)c1CC. The predicted molar refractivity (Wildman–Crippen MR) is 125 cm³/mol. The molecule has 174 valence electrons. The monoisotopic (exact) mass is 471 g/mol. The second-order valence-corrected chi connectivity index (χ2v) is 8.35. The van der Waals surface area contributed by atoms with Gasteiger partial charge in [-0.05, 0) is 38.0 Å². The number of hydrogen-bond donors (Lipinski definition) is 1. The van der Waals surface area contributed by atoms with Crippen LogP contribution in [-0.2, 0) is 32.0 Å². The summed E-state index contributed by atoms with van der Waals surface area (Å²) in [6.45, 7) is 5.44. The number of aromatic nitrogens is 2. The van der Waals surface area contributed by atoms with E-state index in [2.05, 4.69) is 10.4 Å². The Morgan fingerprint density at radius 2 is 1.91 bits per heavy atom. The lowest BCUT2D eigenvalue weighted by atomic mass is 10.1. The van der Waals surface area contributed by atoms with Crippen LogP contribution >= 0.6 is 11.3 Å². The van der Waals surface area contributed by atoms with Crippen LogP contribution in [0.25, 0.3) is 10.9 Å². The molecule has 0 fully saturated rings. The Morgan fingerprint density at radius 1 is 1.15 bits per heavy atom. The summed E-state index contributed by atoms with van der Waals surface area (Å²) < 4.78 is 11.7. The minimum Gasteiger partial charge on any atom is -0.462 e. The first-order valence-electron chi connectivity index (χ1n) is 10.5. The average Bonchev–Trinajstić information content (AvgIpc) is 3.12. The van der Waals surface area contributed by atoms with Gasteiger partial charge in [0, 0.05) is 10.3 Å². The van der Waals surface area contributed by atoms with Crippen molar-refractivity contribution in [3.8, 4) is 0 Å². The fraction of sp³-hybridized carbons (Fsp3) is 0.348. The van der Waals surface area contributed by atoms with Gasteiger partial charge in [-0.25, -0.2) is 4.79 Å². The molecule has 2 aromatic heterocycles. The van der Waals surface area contributed by atoms with Crippen molar-refractivity contribution >= 4 is 45.1 Å². The fourth-order valence-electron chi connectivity index (χ4n) is 3.43. The molecule has 33 heavy (non-hydrogen) atoms. The first kappa shape index (κ1) is 24.1. The highest BCUT2D eigenvalue weighted by molar-refractivity contribution is 7.16. The van der Waals surface area contributed by atoms with Gasteiger partial charge in [0.1, 0.15) is 5.00 Å². The number of ether oxygens (including phenoxy) is 2. The van der Waals surface area contributed by atoms with E-state index in [0.29, 0.717) is 27.9 Å². The molecule has 0 aliphatic carbocycles. The zero-order valence-corrected chi connectivity index (χ0v) is 19.5. The maximum atomic E-state index is 12.4. The van der Waals surface area contributed by atoms with Gasteiger partial charge >= 0.3 is 11.9 Å². The van der Waals surface area contributed by atoms with Gasteiger partial charge in [0.25, 0.3) is 5.91 Å². The molecule has 0 radical (unpaired) electrons. The highest BCUT2D eigenvalue weighted by Crippen LogP contribution is 2.34. The van der Waals surface area contributed by atoms with Crippen molar-refractivity contribution in [2.45, 2.75) is 40.2 Å². The van der Waals surface area contributed by atoms with Crippen molar-refractivity contribution in [1.82, 2.24) is 9.78 Å². The third kappa shape index (κ3) is 5.64. The van der Waals surface area contributed by atoms with Crippen molar-refractivity contribution in [3.63, 3.8) is 0 Å². The van der Waals surface area contributed by atoms with Crippen LogP contribution in [0.4, 0.5) is 5.00 Å². The molecule has 0 atom stereocenters. The number of aryl methyl sites for hydroxylation is 2. The number of nitrogens with one attached hydrogen (secondary N) is 1. The summed E-state index contributed by atoms with van der Waals surface area (Å²) in [5.41, 5.74) is 1.59. The quantitative estimate of drug-likeness (QED) is 0.477. The lowest BCUT2D eigenvalue weighted by Gasteiger charge is -2.10. The zero-order chi connectivity index (χ0) is 24.0. The number of carbonyl (C=O) groups excluding carboxylic acids is 3. The first-order chi connectivity index (χ1) is 15.8. The lowest BCUT2D eigenvalue weighted by molar-refractivity contribution is -0.147. The number of rotatable bonds is 9. The Morgan fingerprint density at radius 3 is 2.64 bits per heavy atom. The molecule has 1 aromatic carbocycles. The molecule has 0 aliphatic heterocycles. The van der Waals surface area contributed by atoms with Gasteiger partial charge in [0.2, 0.25) is 5.43 Å². The molecule has 2 heterocycles. The summed E-state index contributed by atoms with van der Waals surface area (Å²) in [4.78, 5) is 49.7. The van der Waals surface area contributed by atoms with Gasteiger partial charge in [-0.2, -0.15) is 5.10 Å². The third-order valence-corrected chi connectivity index (χ3v) is 6.01. The molecule has 0 spiro atoms. The minimum atomic E-state index is -0.586. The van der Waals surface area contributed by atoms with E-state index in [9.17, 15) is 19.2 Å². The van der Waals surface area contributed by atoms with Gasteiger partial charge < -0.3 is 14.8 Å². The molecule has 0 saturated heterocycles. The Kier molecular flexibility index (Phi) is 7.94. The molecule has 3 aromatic rings. The van der Waals surface area contributed by atoms with E-state index in [1.54, 1.807) is 35.9 Å². The van der Waals surface area contributed by atoms with E-state index in [1.807, 2.05) is 13.8 Å². The summed E-state index contributed by atoms with van der Waals surface area (Å²) >= 11 is 1.28. The van der Waals surface area contributed by atoms with E-state index in [4.69, 9.17) is 9.47 Å². The molecule has 9 nitrogen and oxygen atoms in total. The largest absolute Gasteiger partial charge is 0.462 e. The van der Waals surface area contributed by atoms with E-state index in [-0.39, 0.29) is 25.0 Å². The molecule has 1 N–H and O–H groups in total. The number of fused-ring (bicyclic) bond motifs is 1. The number of thiophene rings is 1. The highest BCUT2D eigenvalue weighted by atomic mass is 32.1. The van der Waals surface area contributed by atoms with Crippen molar-refractivity contribution in [1.29, 1.82) is 0 Å². The van der Waals surface area contributed by atoms with Crippen LogP contribution in [0.2, 0.25) is 0 Å². The zero-order valence-electron chi connectivity index (χ0n) is 18.7. The molecule has 0 bridgehead atoms. The smallest absolute Gasteiger partial charge is 0.341 e. The van der Waals surface area contributed by atoms with E-state index < -0.39 is 24.5 Å². The summed E-state index contributed by atoms with van der Waals surface area (Å²) in [7, 11) is 0. The molecule has 0 unspecified atom stereocenters. The van der Waals surface area contributed by atoms with Crippen LogP contribution in [0.15, 0.2) is 35.3 Å². The van der Waals surface area contributed by atoms with Gasteiger partial charge in [-0.1, -0.05) is 19.1 Å². The number of benzene rings is 1. The standard InChI is InChI=1S/C23H25N3O6S/c1-4-15-14(3)33-22(21(15)23(30)31-5-2)25-19(28)13-32-20(29)10-11-26-17-9-7-6-8-16(17)18(27)12-24-26/h6-9,12H,4-5,10-11,13H2,1-3H3,(H,25,28).